The zero-order valence-electron chi connectivity index (χ0n) is 20.2. The molecule has 176 valence electrons. The number of hydrogen-bond donors (Lipinski definition) is 1. The Labute approximate surface area is 211 Å². The van der Waals surface area contributed by atoms with E-state index in [2.05, 4.69) is 37.9 Å². The van der Waals surface area contributed by atoms with Crippen LogP contribution in [0.1, 0.15) is 11.1 Å². The minimum Gasteiger partial charge on any atom is -1.00 e. The summed E-state index contributed by atoms with van der Waals surface area (Å²) < 4.78 is 2.21. The van der Waals surface area contributed by atoms with Crippen molar-refractivity contribution in [2.75, 3.05) is 24.7 Å². The summed E-state index contributed by atoms with van der Waals surface area (Å²) in [5, 5.41) is 9.03. The van der Waals surface area contributed by atoms with Crippen molar-refractivity contribution in [1.82, 2.24) is 4.98 Å². The fraction of sp³-hybridized carbons (Fsp3) is 0.143. The fourth-order valence-corrected chi connectivity index (χ4v) is 4.11. The number of halogens is 1. The van der Waals surface area contributed by atoms with E-state index in [1.165, 1.54) is 0 Å². The van der Waals surface area contributed by atoms with Crippen LogP contribution < -0.4 is 27.6 Å². The van der Waals surface area contributed by atoms with Gasteiger partial charge in [-0.05, 0) is 55.8 Å². The number of aryl methyl sites for hydroxylation is 2. The largest absolute Gasteiger partial charge is 1.00 e. The molecule has 0 aliphatic heterocycles. The smallest absolute Gasteiger partial charge is 0.239 e. The number of aromatic nitrogens is 2. The number of azo groups is 1. The second-order valence-electron chi connectivity index (χ2n) is 8.67. The summed E-state index contributed by atoms with van der Waals surface area (Å²) in [4.78, 5) is 7.09. The summed E-state index contributed by atoms with van der Waals surface area (Å²) in [6, 6.07) is 26.4. The summed E-state index contributed by atoms with van der Waals surface area (Å²) in [5.74, 6) is 0. The van der Waals surface area contributed by atoms with E-state index in [1.54, 1.807) is 0 Å². The lowest BCUT2D eigenvalue weighted by Crippen LogP contribution is -3.00. The molecule has 0 fully saturated rings. The first-order valence-electron chi connectivity index (χ1n) is 11.2. The van der Waals surface area contributed by atoms with Crippen molar-refractivity contribution in [3.63, 3.8) is 0 Å². The van der Waals surface area contributed by atoms with Gasteiger partial charge in [0.15, 0.2) is 0 Å². The Hall–Kier alpha value is -4.03. The molecular weight excluding hydrogens is 456 g/mol. The quantitative estimate of drug-likeness (QED) is 0.185. The van der Waals surface area contributed by atoms with Crippen LogP contribution in [0.2, 0.25) is 0 Å². The summed E-state index contributed by atoms with van der Waals surface area (Å²) in [7, 11) is 4.03. The molecule has 5 rings (SSSR count). The molecule has 0 aliphatic rings. The molecule has 0 amide bonds. The van der Waals surface area contributed by atoms with E-state index >= 15 is 0 Å². The molecule has 0 unspecified atom stereocenters. The maximum atomic E-state index is 6.28. The van der Waals surface area contributed by atoms with Gasteiger partial charge in [-0.3, -0.25) is 0 Å². The molecule has 1 aromatic heterocycles. The standard InChI is InChI=1S/C28H26N6.ClH/c1-18-16-25-27(17-23(18)29)34(22-8-6-5-7-9-22)26-15-14-24(19(2)28(26)30-25)32-31-20-10-12-21(13-11-20)33(3)4;/h5-17,29H,1-4H3;1H. The van der Waals surface area contributed by atoms with Crippen LogP contribution in [-0.2, 0) is 0 Å². The molecule has 6 nitrogen and oxygen atoms in total. The minimum absolute atomic E-state index is 0. The number of benzene rings is 4. The molecule has 1 heterocycles. The molecule has 0 saturated carbocycles. The van der Waals surface area contributed by atoms with Crippen molar-refractivity contribution in [3.05, 3.63) is 90.0 Å². The molecule has 0 atom stereocenters. The van der Waals surface area contributed by atoms with Crippen molar-refractivity contribution in [3.8, 4) is 5.69 Å². The van der Waals surface area contributed by atoms with Crippen molar-refractivity contribution < 1.29 is 17.0 Å². The number of hydrogen-bond acceptors (Lipinski definition) is 5. The lowest BCUT2D eigenvalue weighted by Gasteiger charge is -2.11. The third-order valence-corrected chi connectivity index (χ3v) is 6.11. The number of rotatable bonds is 4. The Morgan fingerprint density at radius 2 is 1.54 bits per heavy atom. The van der Waals surface area contributed by atoms with Gasteiger partial charge in [-0.15, -0.1) is 4.57 Å². The highest BCUT2D eigenvalue weighted by atomic mass is 35.5. The van der Waals surface area contributed by atoms with Crippen LogP contribution in [-0.4, -0.2) is 19.1 Å². The first-order valence-corrected chi connectivity index (χ1v) is 11.2. The van der Waals surface area contributed by atoms with E-state index in [9.17, 15) is 0 Å². The highest BCUT2D eigenvalue weighted by Crippen LogP contribution is 2.30. The van der Waals surface area contributed by atoms with Crippen LogP contribution in [0.25, 0.3) is 27.8 Å². The second-order valence-corrected chi connectivity index (χ2v) is 8.67. The normalized spacial score (nSPS) is 11.2. The van der Waals surface area contributed by atoms with Gasteiger partial charge >= 0.3 is 0 Å². The minimum atomic E-state index is 0. The summed E-state index contributed by atoms with van der Waals surface area (Å²) >= 11 is 0. The second kappa shape index (κ2) is 9.68. The molecule has 0 bridgehead atoms. The van der Waals surface area contributed by atoms with Crippen molar-refractivity contribution in [2.45, 2.75) is 13.8 Å². The fourth-order valence-electron chi connectivity index (χ4n) is 4.11. The van der Waals surface area contributed by atoms with E-state index in [0.717, 1.165) is 61.6 Å². The lowest BCUT2D eigenvalue weighted by atomic mass is 10.1. The van der Waals surface area contributed by atoms with Crippen LogP contribution in [0.3, 0.4) is 0 Å². The van der Waals surface area contributed by atoms with Crippen molar-refractivity contribution in [1.29, 1.82) is 0 Å². The van der Waals surface area contributed by atoms with E-state index < -0.39 is 0 Å². The van der Waals surface area contributed by atoms with Gasteiger partial charge < -0.3 is 23.0 Å². The van der Waals surface area contributed by atoms with Crippen LogP contribution in [0, 0.1) is 13.8 Å². The van der Waals surface area contributed by atoms with Gasteiger partial charge in [0.25, 0.3) is 0 Å². The van der Waals surface area contributed by atoms with Crippen molar-refractivity contribution in [2.24, 2.45) is 10.2 Å². The van der Waals surface area contributed by atoms with Gasteiger partial charge in [0.2, 0.25) is 16.7 Å². The third kappa shape index (κ3) is 4.53. The Bertz CT molecular complexity index is 1540. The number of nitrogens with zero attached hydrogens (tertiary/aromatic N) is 5. The highest BCUT2D eigenvalue weighted by Gasteiger charge is 2.22. The van der Waals surface area contributed by atoms with E-state index in [-0.39, 0.29) is 12.4 Å². The average molecular weight is 483 g/mol. The van der Waals surface area contributed by atoms with E-state index in [4.69, 9.17) is 10.7 Å². The number of anilines is 2. The zero-order chi connectivity index (χ0) is 23.8. The van der Waals surface area contributed by atoms with Gasteiger partial charge in [-0.25, -0.2) is 4.98 Å². The van der Waals surface area contributed by atoms with Crippen LogP contribution in [0.15, 0.2) is 89.1 Å². The van der Waals surface area contributed by atoms with Gasteiger partial charge in [0.05, 0.1) is 11.4 Å². The maximum Gasteiger partial charge on any atom is 0.239 e. The Kier molecular flexibility index (Phi) is 6.67. The predicted molar refractivity (Wildman–Crippen MR) is 140 cm³/mol. The number of fused-ring (bicyclic) bond motifs is 2. The SMILES string of the molecule is Cc1cc2nc3c(C)c(N=Nc4ccc(N(C)C)cc4)ccc3[n+](-c3ccccc3)c2cc1N.[Cl-]. The molecule has 0 spiro atoms. The van der Waals surface area contributed by atoms with Gasteiger partial charge in [-0.1, -0.05) is 18.2 Å². The molecule has 0 radical (unpaired) electrons. The van der Waals surface area contributed by atoms with Gasteiger partial charge in [0, 0.05) is 55.3 Å². The highest BCUT2D eigenvalue weighted by molar-refractivity contribution is 5.88. The number of para-hydroxylation sites is 1. The van der Waals surface area contributed by atoms with Crippen molar-refractivity contribution >= 4 is 44.8 Å². The molecule has 35 heavy (non-hydrogen) atoms. The van der Waals surface area contributed by atoms with Gasteiger partial charge in [-0.2, -0.15) is 10.2 Å². The summed E-state index contributed by atoms with van der Waals surface area (Å²) in [6.07, 6.45) is 0. The van der Waals surface area contributed by atoms with Crippen LogP contribution in [0.4, 0.5) is 22.7 Å². The molecule has 0 aliphatic carbocycles. The third-order valence-electron chi connectivity index (χ3n) is 6.11. The van der Waals surface area contributed by atoms with E-state index in [0.29, 0.717) is 0 Å². The summed E-state index contributed by atoms with van der Waals surface area (Å²) in [6.45, 7) is 4.05. The first kappa shape index (κ1) is 24.1. The topological polar surface area (TPSA) is 70.8 Å². The van der Waals surface area contributed by atoms with Crippen LogP contribution >= 0.6 is 0 Å². The van der Waals surface area contributed by atoms with Gasteiger partial charge in [0.1, 0.15) is 11.0 Å². The molecule has 5 aromatic rings. The summed E-state index contributed by atoms with van der Waals surface area (Å²) in [5.41, 5.74) is 16.5. The molecular formula is C28H27ClN6. The first-order chi connectivity index (χ1) is 16.4. The van der Waals surface area contributed by atoms with Crippen LogP contribution in [0.5, 0.6) is 0 Å². The monoisotopic (exact) mass is 482 g/mol. The molecule has 2 N–H and O–H groups in total. The number of nitrogens with two attached hydrogens (primary N) is 1. The Balaban J connectivity index is 0.00000289. The Morgan fingerprint density at radius 1 is 0.829 bits per heavy atom. The maximum absolute atomic E-state index is 6.28. The zero-order valence-corrected chi connectivity index (χ0v) is 21.0. The predicted octanol–water partition coefficient (Wildman–Crippen LogP) is 3.35. The number of nitrogen functional groups attached to an aromatic ring is 1. The molecule has 4 aromatic carbocycles. The lowest BCUT2D eigenvalue weighted by molar-refractivity contribution is -0.538. The average Bonchev–Trinajstić information content (AvgIpc) is 2.84. The molecule has 0 saturated heterocycles. The van der Waals surface area contributed by atoms with E-state index in [1.807, 2.05) is 88.6 Å². The Morgan fingerprint density at radius 3 is 2.23 bits per heavy atom. The molecule has 7 heteroatoms.